The van der Waals surface area contributed by atoms with Crippen molar-refractivity contribution < 1.29 is 14.7 Å². The Morgan fingerprint density at radius 2 is 1.95 bits per heavy atom. The van der Waals surface area contributed by atoms with Crippen molar-refractivity contribution in [3.63, 3.8) is 0 Å². The summed E-state index contributed by atoms with van der Waals surface area (Å²) in [7, 11) is 0. The second-order valence-electron chi connectivity index (χ2n) is 5.61. The Labute approximate surface area is 121 Å². The van der Waals surface area contributed by atoms with E-state index in [-0.39, 0.29) is 17.7 Å². The number of carbonyl (C=O) groups is 2. The van der Waals surface area contributed by atoms with Gasteiger partial charge in [0.05, 0.1) is 11.7 Å². The molecule has 2 heterocycles. The van der Waals surface area contributed by atoms with Gasteiger partial charge in [-0.3, -0.25) is 9.59 Å². The molecule has 5 nitrogen and oxygen atoms in total. The van der Waals surface area contributed by atoms with E-state index in [4.69, 9.17) is 0 Å². The number of amides is 2. The van der Waals surface area contributed by atoms with Crippen molar-refractivity contribution in [3.05, 3.63) is 16.0 Å². The molecule has 2 amide bonds. The molecule has 108 valence electrons. The first-order chi connectivity index (χ1) is 9.47. The van der Waals surface area contributed by atoms with Gasteiger partial charge in [-0.05, 0) is 32.3 Å². The van der Waals surface area contributed by atoms with Crippen LogP contribution in [0.25, 0.3) is 0 Å². The van der Waals surface area contributed by atoms with Crippen LogP contribution in [0.1, 0.15) is 33.6 Å². The number of carbonyl (C=O) groups excluding carboxylic acids is 2. The molecular formula is C14H18N2O3S. The van der Waals surface area contributed by atoms with Crippen LogP contribution in [0.5, 0.6) is 0 Å². The van der Waals surface area contributed by atoms with Gasteiger partial charge in [0.25, 0.3) is 5.91 Å². The van der Waals surface area contributed by atoms with Crippen molar-refractivity contribution in [1.29, 1.82) is 0 Å². The third-order valence-electron chi connectivity index (χ3n) is 3.93. The standard InChI is InChI=1S/C14H18N2O3S/c1-7-8(2)20-13(15-12(18)9-3-4-9)11(7)14(19)16-5-10(17)6-16/h9-10,17H,3-6H2,1-2H3,(H,15,18). The number of hydrogen-bond acceptors (Lipinski definition) is 4. The first-order valence-electron chi connectivity index (χ1n) is 6.85. The summed E-state index contributed by atoms with van der Waals surface area (Å²) in [5.74, 6) is 0.0405. The van der Waals surface area contributed by atoms with E-state index < -0.39 is 6.10 Å². The number of nitrogens with zero attached hydrogens (tertiary/aromatic N) is 1. The molecule has 1 aliphatic carbocycles. The Bertz CT molecular complexity index is 571. The second kappa shape index (κ2) is 4.86. The highest BCUT2D eigenvalue weighted by Gasteiger charge is 2.35. The van der Waals surface area contributed by atoms with Crippen LogP contribution in [0, 0.1) is 19.8 Å². The minimum atomic E-state index is -0.413. The minimum absolute atomic E-state index is 0.0175. The minimum Gasteiger partial charge on any atom is -0.389 e. The van der Waals surface area contributed by atoms with E-state index in [1.807, 2.05) is 13.8 Å². The number of β-amino-alcohol motifs (C(OH)–C–C–N with tert-alkyl or cyclic N) is 1. The fourth-order valence-corrected chi connectivity index (χ4v) is 3.37. The molecule has 0 atom stereocenters. The Morgan fingerprint density at radius 3 is 2.50 bits per heavy atom. The Morgan fingerprint density at radius 1 is 1.30 bits per heavy atom. The third kappa shape index (κ3) is 2.33. The summed E-state index contributed by atoms with van der Waals surface area (Å²) in [6, 6.07) is 0. The quantitative estimate of drug-likeness (QED) is 0.888. The number of thiophene rings is 1. The molecule has 0 bridgehead atoms. The van der Waals surface area contributed by atoms with Gasteiger partial charge in [-0.25, -0.2) is 0 Å². The number of aliphatic hydroxyl groups is 1. The van der Waals surface area contributed by atoms with Gasteiger partial charge in [-0.1, -0.05) is 0 Å². The maximum Gasteiger partial charge on any atom is 0.257 e. The molecule has 1 aromatic heterocycles. The zero-order valence-electron chi connectivity index (χ0n) is 11.6. The van der Waals surface area contributed by atoms with Crippen molar-refractivity contribution in [2.24, 2.45) is 5.92 Å². The van der Waals surface area contributed by atoms with Gasteiger partial charge >= 0.3 is 0 Å². The number of aliphatic hydroxyl groups excluding tert-OH is 1. The topological polar surface area (TPSA) is 69.6 Å². The summed E-state index contributed by atoms with van der Waals surface area (Å²) >= 11 is 1.45. The van der Waals surface area contributed by atoms with Gasteiger partial charge in [0.2, 0.25) is 5.91 Å². The number of aryl methyl sites for hydroxylation is 1. The van der Waals surface area contributed by atoms with Gasteiger partial charge < -0.3 is 15.3 Å². The highest BCUT2D eigenvalue weighted by Crippen LogP contribution is 2.36. The molecular weight excluding hydrogens is 276 g/mol. The van der Waals surface area contributed by atoms with Crippen LogP contribution in [0.4, 0.5) is 5.00 Å². The average Bonchev–Trinajstić information content (AvgIpc) is 3.15. The highest BCUT2D eigenvalue weighted by molar-refractivity contribution is 7.16. The van der Waals surface area contributed by atoms with Crippen LogP contribution in [0.2, 0.25) is 0 Å². The lowest BCUT2D eigenvalue weighted by atomic mass is 10.1. The molecule has 1 saturated carbocycles. The monoisotopic (exact) mass is 294 g/mol. The van der Waals surface area contributed by atoms with Gasteiger partial charge in [0.1, 0.15) is 5.00 Å². The molecule has 0 aromatic carbocycles. The largest absolute Gasteiger partial charge is 0.389 e. The maximum absolute atomic E-state index is 12.5. The lowest BCUT2D eigenvalue weighted by molar-refractivity contribution is -0.117. The van der Waals surface area contributed by atoms with Crippen LogP contribution in [0.3, 0.4) is 0 Å². The predicted octanol–water partition coefficient (Wildman–Crippen LogP) is 1.53. The highest BCUT2D eigenvalue weighted by atomic mass is 32.1. The van der Waals surface area contributed by atoms with E-state index in [0.717, 1.165) is 23.3 Å². The molecule has 3 rings (SSSR count). The lowest BCUT2D eigenvalue weighted by Gasteiger charge is -2.36. The fraction of sp³-hybridized carbons (Fsp3) is 0.571. The van der Waals surface area contributed by atoms with E-state index in [9.17, 15) is 14.7 Å². The zero-order valence-corrected chi connectivity index (χ0v) is 12.4. The molecule has 6 heteroatoms. The van der Waals surface area contributed by atoms with Crippen molar-refractivity contribution in [3.8, 4) is 0 Å². The average molecular weight is 294 g/mol. The van der Waals surface area contributed by atoms with Crippen LogP contribution in [0.15, 0.2) is 0 Å². The first-order valence-corrected chi connectivity index (χ1v) is 7.67. The summed E-state index contributed by atoms with van der Waals surface area (Å²) in [6.45, 7) is 4.61. The van der Waals surface area contributed by atoms with Gasteiger partial charge in [-0.2, -0.15) is 0 Å². The summed E-state index contributed by atoms with van der Waals surface area (Å²) in [5.41, 5.74) is 1.51. The van der Waals surface area contributed by atoms with E-state index in [1.54, 1.807) is 4.90 Å². The van der Waals surface area contributed by atoms with Crippen LogP contribution < -0.4 is 5.32 Å². The zero-order chi connectivity index (χ0) is 14.4. The predicted molar refractivity (Wildman–Crippen MR) is 77.1 cm³/mol. The summed E-state index contributed by atoms with van der Waals surface area (Å²) in [6.07, 6.45) is 1.47. The SMILES string of the molecule is Cc1sc(NC(=O)C2CC2)c(C(=O)N2CC(O)C2)c1C. The Balaban J connectivity index is 1.84. The van der Waals surface area contributed by atoms with Crippen molar-refractivity contribution in [2.45, 2.75) is 32.8 Å². The normalized spacial score (nSPS) is 18.9. The Hall–Kier alpha value is -1.40. The molecule has 0 unspecified atom stereocenters. The Kier molecular flexibility index (Phi) is 3.30. The van der Waals surface area contributed by atoms with E-state index in [2.05, 4.69) is 5.32 Å². The van der Waals surface area contributed by atoms with Gasteiger partial charge in [0, 0.05) is 23.9 Å². The van der Waals surface area contributed by atoms with Crippen molar-refractivity contribution in [2.75, 3.05) is 18.4 Å². The van der Waals surface area contributed by atoms with E-state index >= 15 is 0 Å². The molecule has 20 heavy (non-hydrogen) atoms. The molecule has 2 fully saturated rings. The smallest absolute Gasteiger partial charge is 0.257 e. The third-order valence-corrected chi connectivity index (χ3v) is 5.06. The van der Waals surface area contributed by atoms with Gasteiger partial charge in [-0.15, -0.1) is 11.3 Å². The summed E-state index contributed by atoms with van der Waals surface area (Å²) in [4.78, 5) is 27.0. The number of anilines is 1. The van der Waals surface area contributed by atoms with E-state index in [1.165, 1.54) is 11.3 Å². The van der Waals surface area contributed by atoms with Gasteiger partial charge in [0.15, 0.2) is 0 Å². The van der Waals surface area contributed by atoms with Crippen LogP contribution >= 0.6 is 11.3 Å². The molecule has 1 aromatic rings. The number of rotatable bonds is 3. The first kappa shape index (κ1) is 13.6. The lowest BCUT2D eigenvalue weighted by Crippen LogP contribution is -2.53. The summed E-state index contributed by atoms with van der Waals surface area (Å²) < 4.78 is 0. The molecule has 1 saturated heterocycles. The molecule has 1 aliphatic heterocycles. The molecule has 2 N–H and O–H groups in total. The van der Waals surface area contributed by atoms with E-state index in [0.29, 0.717) is 23.7 Å². The molecule has 2 aliphatic rings. The summed E-state index contributed by atoms with van der Waals surface area (Å²) in [5, 5.41) is 12.9. The number of nitrogens with one attached hydrogen (secondary N) is 1. The van der Waals surface area contributed by atoms with Crippen molar-refractivity contribution >= 4 is 28.2 Å². The maximum atomic E-state index is 12.5. The second-order valence-corrected chi connectivity index (χ2v) is 6.84. The fourth-order valence-electron chi connectivity index (χ4n) is 2.31. The molecule has 0 radical (unpaired) electrons. The number of hydrogen-bond donors (Lipinski definition) is 2. The van der Waals surface area contributed by atoms with Crippen LogP contribution in [-0.2, 0) is 4.79 Å². The van der Waals surface area contributed by atoms with Crippen LogP contribution in [-0.4, -0.2) is 41.0 Å². The molecule has 0 spiro atoms. The number of likely N-dealkylation sites (tertiary alicyclic amines) is 1. The van der Waals surface area contributed by atoms with Crippen molar-refractivity contribution in [1.82, 2.24) is 4.90 Å².